The summed E-state index contributed by atoms with van der Waals surface area (Å²) < 4.78 is 11.3. The molecular weight excluding hydrogens is 452 g/mol. The van der Waals surface area contributed by atoms with Crippen molar-refractivity contribution in [2.24, 2.45) is 0 Å². The summed E-state index contributed by atoms with van der Waals surface area (Å²) >= 11 is 0. The monoisotopic (exact) mass is 480 g/mol. The summed E-state index contributed by atoms with van der Waals surface area (Å²) in [6, 6.07) is 26.9. The van der Waals surface area contributed by atoms with E-state index in [1.165, 1.54) is 6.26 Å². The van der Waals surface area contributed by atoms with Crippen LogP contribution in [0, 0.1) is 6.92 Å². The molecule has 1 aliphatic heterocycles. The molecule has 2 heterocycles. The van der Waals surface area contributed by atoms with E-state index in [9.17, 15) is 9.59 Å². The summed E-state index contributed by atoms with van der Waals surface area (Å²) in [5.41, 5.74) is 5.32. The number of amides is 2. The Balaban J connectivity index is 1.37. The van der Waals surface area contributed by atoms with E-state index in [0.717, 1.165) is 34.2 Å². The van der Waals surface area contributed by atoms with E-state index in [-0.39, 0.29) is 24.5 Å². The van der Waals surface area contributed by atoms with Crippen molar-refractivity contribution < 1.29 is 18.7 Å². The first-order chi connectivity index (χ1) is 17.6. The van der Waals surface area contributed by atoms with Crippen LogP contribution in [0.4, 0.5) is 0 Å². The summed E-state index contributed by atoms with van der Waals surface area (Å²) in [5.74, 6) is 0.567. The van der Waals surface area contributed by atoms with Gasteiger partial charge in [-0.2, -0.15) is 0 Å². The molecule has 0 saturated carbocycles. The van der Waals surface area contributed by atoms with Gasteiger partial charge in [-0.3, -0.25) is 9.59 Å². The number of nitrogens with one attached hydrogen (secondary N) is 1. The highest BCUT2D eigenvalue weighted by molar-refractivity contribution is 5.92. The van der Waals surface area contributed by atoms with Gasteiger partial charge in [0, 0.05) is 13.1 Å². The third-order valence-electron chi connectivity index (χ3n) is 6.40. The Morgan fingerprint density at radius 2 is 1.86 bits per heavy atom. The minimum atomic E-state index is -0.290. The standard InChI is InChI=1S/C30H28N2O4/c1-21-7-5-10-24(17-21)29-26-18-25(36-20-28(33)31-19-22-8-3-2-4-9-22)13-12-23(26)14-15-32(29)30(34)27-11-6-16-35-27/h2-13,16-18,29H,14-15,19-20H2,1H3,(H,31,33)/t29-/m0/s1. The molecule has 1 N–H and O–H groups in total. The van der Waals surface area contributed by atoms with Gasteiger partial charge in [-0.1, -0.05) is 66.2 Å². The third-order valence-corrected chi connectivity index (χ3v) is 6.40. The fraction of sp³-hybridized carbons (Fsp3) is 0.200. The van der Waals surface area contributed by atoms with E-state index in [0.29, 0.717) is 24.6 Å². The number of nitrogens with zero attached hydrogens (tertiary/aromatic N) is 1. The number of benzene rings is 3. The SMILES string of the molecule is Cc1cccc([C@H]2c3cc(OCC(=O)NCc4ccccc4)ccc3CCN2C(=O)c2ccco2)c1. The van der Waals surface area contributed by atoms with Gasteiger partial charge >= 0.3 is 0 Å². The summed E-state index contributed by atoms with van der Waals surface area (Å²) in [6.07, 6.45) is 2.24. The van der Waals surface area contributed by atoms with Crippen LogP contribution in [0.2, 0.25) is 0 Å². The maximum Gasteiger partial charge on any atom is 0.290 e. The Morgan fingerprint density at radius 1 is 1.00 bits per heavy atom. The molecule has 6 heteroatoms. The second-order valence-corrected chi connectivity index (χ2v) is 8.95. The summed E-state index contributed by atoms with van der Waals surface area (Å²) in [7, 11) is 0. The van der Waals surface area contributed by atoms with Crippen molar-refractivity contribution in [1.82, 2.24) is 10.2 Å². The summed E-state index contributed by atoms with van der Waals surface area (Å²) in [4.78, 5) is 27.6. The number of carbonyl (C=O) groups excluding carboxylic acids is 2. The van der Waals surface area contributed by atoms with Crippen molar-refractivity contribution in [3.63, 3.8) is 0 Å². The summed E-state index contributed by atoms with van der Waals surface area (Å²) in [5, 5.41) is 2.88. The van der Waals surface area contributed by atoms with Crippen molar-refractivity contribution in [3.8, 4) is 5.75 Å². The lowest BCUT2D eigenvalue weighted by atomic mass is 9.87. The Hall–Kier alpha value is -4.32. The van der Waals surface area contributed by atoms with Crippen LogP contribution < -0.4 is 10.1 Å². The van der Waals surface area contributed by atoms with E-state index in [2.05, 4.69) is 11.4 Å². The maximum absolute atomic E-state index is 13.4. The lowest BCUT2D eigenvalue weighted by Gasteiger charge is -2.37. The molecule has 2 amide bonds. The fourth-order valence-electron chi connectivity index (χ4n) is 4.64. The van der Waals surface area contributed by atoms with Crippen LogP contribution in [0.15, 0.2) is 95.6 Å². The van der Waals surface area contributed by atoms with Gasteiger partial charge in [0.1, 0.15) is 5.75 Å². The lowest BCUT2D eigenvalue weighted by molar-refractivity contribution is -0.123. The molecule has 4 aromatic rings. The van der Waals surface area contributed by atoms with E-state index in [1.807, 2.05) is 78.6 Å². The average molecular weight is 481 g/mol. The highest BCUT2D eigenvalue weighted by Crippen LogP contribution is 2.38. The topological polar surface area (TPSA) is 71.8 Å². The van der Waals surface area contributed by atoms with Crippen molar-refractivity contribution in [1.29, 1.82) is 0 Å². The van der Waals surface area contributed by atoms with Gasteiger partial charge < -0.3 is 19.4 Å². The molecule has 0 fully saturated rings. The Bertz CT molecular complexity index is 1350. The number of aryl methyl sites for hydroxylation is 1. The van der Waals surface area contributed by atoms with Crippen molar-refractivity contribution in [3.05, 3.63) is 125 Å². The number of hydrogen-bond acceptors (Lipinski definition) is 4. The molecule has 0 radical (unpaired) electrons. The maximum atomic E-state index is 13.4. The third kappa shape index (κ3) is 5.18. The zero-order valence-electron chi connectivity index (χ0n) is 20.1. The van der Waals surface area contributed by atoms with Gasteiger partial charge in [-0.25, -0.2) is 0 Å². The molecule has 0 bridgehead atoms. The first-order valence-corrected chi connectivity index (χ1v) is 12.1. The zero-order chi connectivity index (χ0) is 24.9. The molecule has 0 unspecified atom stereocenters. The lowest BCUT2D eigenvalue weighted by Crippen LogP contribution is -2.40. The predicted molar refractivity (Wildman–Crippen MR) is 137 cm³/mol. The summed E-state index contributed by atoms with van der Waals surface area (Å²) in [6.45, 7) is 2.98. The van der Waals surface area contributed by atoms with E-state index in [4.69, 9.17) is 9.15 Å². The van der Waals surface area contributed by atoms with Crippen LogP contribution in [0.1, 0.15) is 44.4 Å². The first kappa shape index (κ1) is 23.4. The van der Waals surface area contributed by atoms with Gasteiger partial charge in [-0.05, 0) is 59.9 Å². The molecule has 0 aliphatic carbocycles. The largest absolute Gasteiger partial charge is 0.484 e. The molecule has 1 aromatic heterocycles. The molecule has 1 aliphatic rings. The number of carbonyl (C=O) groups is 2. The molecule has 5 rings (SSSR count). The van der Waals surface area contributed by atoms with Gasteiger partial charge in [0.15, 0.2) is 12.4 Å². The normalized spacial score (nSPS) is 14.7. The minimum Gasteiger partial charge on any atom is -0.484 e. The van der Waals surface area contributed by atoms with Crippen LogP contribution in [-0.2, 0) is 17.8 Å². The molecule has 0 spiro atoms. The van der Waals surface area contributed by atoms with Crippen LogP contribution in [0.25, 0.3) is 0 Å². The number of hydrogen-bond donors (Lipinski definition) is 1. The molecule has 1 atom stereocenters. The van der Waals surface area contributed by atoms with Crippen LogP contribution in [-0.4, -0.2) is 29.9 Å². The molecule has 36 heavy (non-hydrogen) atoms. The van der Waals surface area contributed by atoms with Crippen molar-refractivity contribution >= 4 is 11.8 Å². The Kier molecular flexibility index (Phi) is 6.85. The number of furan rings is 1. The molecule has 182 valence electrons. The van der Waals surface area contributed by atoms with Gasteiger partial charge in [0.2, 0.25) is 0 Å². The van der Waals surface area contributed by atoms with Crippen molar-refractivity contribution in [2.75, 3.05) is 13.2 Å². The van der Waals surface area contributed by atoms with E-state index < -0.39 is 0 Å². The molecule has 3 aromatic carbocycles. The average Bonchev–Trinajstić information content (AvgIpc) is 3.45. The number of rotatable bonds is 7. The fourth-order valence-corrected chi connectivity index (χ4v) is 4.64. The van der Waals surface area contributed by atoms with Gasteiger partial charge in [0.25, 0.3) is 11.8 Å². The number of fused-ring (bicyclic) bond motifs is 1. The predicted octanol–water partition coefficient (Wildman–Crippen LogP) is 5.07. The minimum absolute atomic E-state index is 0.0875. The van der Waals surface area contributed by atoms with Gasteiger partial charge in [0.05, 0.1) is 12.3 Å². The van der Waals surface area contributed by atoms with E-state index in [1.54, 1.807) is 12.1 Å². The quantitative estimate of drug-likeness (QED) is 0.401. The van der Waals surface area contributed by atoms with Gasteiger partial charge in [-0.15, -0.1) is 0 Å². The first-order valence-electron chi connectivity index (χ1n) is 12.1. The molecule has 0 saturated heterocycles. The zero-order valence-corrected chi connectivity index (χ0v) is 20.1. The molecule has 6 nitrogen and oxygen atoms in total. The highest BCUT2D eigenvalue weighted by atomic mass is 16.5. The highest BCUT2D eigenvalue weighted by Gasteiger charge is 2.34. The number of ether oxygens (including phenoxy) is 1. The Labute approximate surface area is 210 Å². The van der Waals surface area contributed by atoms with Crippen LogP contribution in [0.5, 0.6) is 5.75 Å². The van der Waals surface area contributed by atoms with Crippen molar-refractivity contribution in [2.45, 2.75) is 25.9 Å². The second kappa shape index (κ2) is 10.5. The van der Waals surface area contributed by atoms with E-state index >= 15 is 0 Å². The molecular formula is C30H28N2O4. The van der Waals surface area contributed by atoms with Crippen LogP contribution >= 0.6 is 0 Å². The van der Waals surface area contributed by atoms with Crippen LogP contribution in [0.3, 0.4) is 0 Å². The second-order valence-electron chi connectivity index (χ2n) is 8.95. The Morgan fingerprint density at radius 3 is 2.64 bits per heavy atom. The smallest absolute Gasteiger partial charge is 0.290 e.